The summed E-state index contributed by atoms with van der Waals surface area (Å²) in [4.78, 5) is 19.8. The molecule has 0 bridgehead atoms. The van der Waals surface area contributed by atoms with Gasteiger partial charge < -0.3 is 20.6 Å². The summed E-state index contributed by atoms with van der Waals surface area (Å²) in [6.07, 6.45) is 1.36. The van der Waals surface area contributed by atoms with E-state index in [1.54, 1.807) is 12.1 Å². The second kappa shape index (κ2) is 9.55. The van der Waals surface area contributed by atoms with Crippen LogP contribution >= 0.6 is 11.8 Å². The molecule has 1 aromatic carbocycles. The maximum Gasteiger partial charge on any atom is 0.250 e. The fourth-order valence-corrected chi connectivity index (χ4v) is 2.75. The molecule has 1 amide bonds. The summed E-state index contributed by atoms with van der Waals surface area (Å²) in [5.74, 6) is 1.31. The van der Waals surface area contributed by atoms with Crippen molar-refractivity contribution in [1.82, 2.24) is 15.4 Å². The molecule has 3 aromatic rings. The number of halogens is 1. The maximum atomic E-state index is 12.9. The second-order valence-corrected chi connectivity index (χ2v) is 6.57. The van der Waals surface area contributed by atoms with E-state index in [4.69, 9.17) is 20.6 Å². The molecule has 0 aliphatic heterocycles. The minimum absolute atomic E-state index is 0.0369. The van der Waals surface area contributed by atoms with Gasteiger partial charge in [-0.05, 0) is 36.4 Å². The van der Waals surface area contributed by atoms with Crippen LogP contribution in [0.2, 0.25) is 0 Å². The molecule has 0 spiro atoms. The molecule has 9 nitrogen and oxygen atoms in total. The Morgan fingerprint density at radius 2 is 1.93 bits per heavy atom. The van der Waals surface area contributed by atoms with Gasteiger partial charge in [-0.3, -0.25) is 4.79 Å². The lowest BCUT2D eigenvalue weighted by atomic mass is 10.3. The van der Waals surface area contributed by atoms with E-state index >= 15 is 0 Å². The fraction of sp³-hybridized carbons (Fsp3) is 0.111. The van der Waals surface area contributed by atoms with Crippen LogP contribution in [0.15, 0.2) is 57.1 Å². The number of hydrogen-bond donors (Lipinski definition) is 3. The normalized spacial score (nSPS) is 10.9. The van der Waals surface area contributed by atoms with Crippen molar-refractivity contribution >= 4 is 35.5 Å². The molecule has 2 heterocycles. The lowest BCUT2D eigenvalue weighted by Gasteiger charge is -2.03. The summed E-state index contributed by atoms with van der Waals surface area (Å²) < 4.78 is 23.9. The number of nitrogens with one attached hydrogen (secondary N) is 1. The van der Waals surface area contributed by atoms with Crippen LogP contribution in [0.25, 0.3) is 0 Å². The number of aromatic nitrogens is 2. The molecule has 2 aromatic heterocycles. The molecule has 0 aliphatic carbocycles. The molecule has 150 valence electrons. The highest BCUT2D eigenvalue weighted by atomic mass is 32.2. The maximum absolute atomic E-state index is 12.9. The molecule has 0 saturated carbocycles. The SMILES string of the molecule is Nc1cc(N)nc(SCC(=O)N/N=C\c2ccc(COc3ccc(F)cc3)o2)n1. The van der Waals surface area contributed by atoms with E-state index in [1.807, 2.05) is 0 Å². The third-order valence-electron chi connectivity index (χ3n) is 3.34. The zero-order valence-corrected chi connectivity index (χ0v) is 15.9. The number of hydrazone groups is 1. The number of carbonyl (C=O) groups excluding carboxylic acids is 1. The average molecular weight is 416 g/mol. The molecule has 5 N–H and O–H groups in total. The van der Waals surface area contributed by atoms with E-state index in [1.165, 1.54) is 36.5 Å². The van der Waals surface area contributed by atoms with Crippen molar-refractivity contribution in [2.24, 2.45) is 5.10 Å². The number of nitrogens with two attached hydrogens (primary N) is 2. The van der Waals surface area contributed by atoms with Crippen LogP contribution in [0.4, 0.5) is 16.0 Å². The van der Waals surface area contributed by atoms with Crippen molar-refractivity contribution in [3.05, 3.63) is 59.8 Å². The van der Waals surface area contributed by atoms with Gasteiger partial charge in [0.2, 0.25) is 0 Å². The second-order valence-electron chi connectivity index (χ2n) is 5.63. The molecule has 0 atom stereocenters. The molecule has 0 radical (unpaired) electrons. The van der Waals surface area contributed by atoms with Gasteiger partial charge in [-0.15, -0.1) is 0 Å². The first-order chi connectivity index (χ1) is 14.0. The Morgan fingerprint density at radius 3 is 2.66 bits per heavy atom. The number of nitrogens with zero attached hydrogens (tertiary/aromatic N) is 3. The van der Waals surface area contributed by atoms with E-state index < -0.39 is 0 Å². The van der Waals surface area contributed by atoms with E-state index in [0.717, 1.165) is 11.8 Å². The standard InChI is InChI=1S/C18H17FN6O3S/c19-11-1-3-12(4-2-11)27-9-14-6-5-13(28-14)8-22-25-17(26)10-29-18-23-15(20)7-16(21)24-18/h1-8H,9-10H2,(H,25,26)(H4,20,21,23,24)/b22-8-. The van der Waals surface area contributed by atoms with Crippen molar-refractivity contribution in [3.8, 4) is 5.75 Å². The highest BCUT2D eigenvalue weighted by Gasteiger charge is 2.06. The predicted octanol–water partition coefficient (Wildman–Crippen LogP) is 2.19. The predicted molar refractivity (Wildman–Crippen MR) is 107 cm³/mol. The van der Waals surface area contributed by atoms with Crippen LogP contribution in [0.5, 0.6) is 5.75 Å². The zero-order valence-electron chi connectivity index (χ0n) is 15.0. The summed E-state index contributed by atoms with van der Waals surface area (Å²) in [7, 11) is 0. The number of ether oxygens (including phenoxy) is 1. The third-order valence-corrected chi connectivity index (χ3v) is 4.18. The Morgan fingerprint density at radius 1 is 1.21 bits per heavy atom. The van der Waals surface area contributed by atoms with Crippen LogP contribution in [-0.4, -0.2) is 27.8 Å². The smallest absolute Gasteiger partial charge is 0.250 e. The number of benzene rings is 1. The van der Waals surface area contributed by atoms with E-state index in [-0.39, 0.29) is 35.7 Å². The summed E-state index contributed by atoms with van der Waals surface area (Å²) >= 11 is 1.08. The van der Waals surface area contributed by atoms with Gasteiger partial charge >= 0.3 is 0 Å². The van der Waals surface area contributed by atoms with Crippen LogP contribution in [0, 0.1) is 5.82 Å². The fourth-order valence-electron chi connectivity index (χ4n) is 2.08. The lowest BCUT2D eigenvalue weighted by Crippen LogP contribution is -2.19. The van der Waals surface area contributed by atoms with Gasteiger partial charge in [-0.25, -0.2) is 19.8 Å². The first-order valence-corrected chi connectivity index (χ1v) is 9.28. The number of hydrogen-bond acceptors (Lipinski definition) is 9. The Balaban J connectivity index is 1.43. The van der Waals surface area contributed by atoms with Crippen LogP contribution < -0.4 is 21.6 Å². The number of thioether (sulfide) groups is 1. The van der Waals surface area contributed by atoms with Gasteiger partial charge in [0.15, 0.2) is 5.16 Å². The van der Waals surface area contributed by atoms with Crippen molar-refractivity contribution in [2.45, 2.75) is 11.8 Å². The molecular weight excluding hydrogens is 399 g/mol. The third kappa shape index (κ3) is 6.50. The monoisotopic (exact) mass is 416 g/mol. The van der Waals surface area contributed by atoms with Gasteiger partial charge in [0, 0.05) is 6.07 Å². The number of rotatable bonds is 8. The number of amides is 1. The van der Waals surface area contributed by atoms with Crippen molar-refractivity contribution in [2.75, 3.05) is 17.2 Å². The molecule has 3 rings (SSSR count). The van der Waals surface area contributed by atoms with Gasteiger partial charge in [0.05, 0.1) is 12.0 Å². The van der Waals surface area contributed by atoms with E-state index in [2.05, 4.69) is 20.5 Å². The average Bonchev–Trinajstić information content (AvgIpc) is 3.13. The van der Waals surface area contributed by atoms with Crippen LogP contribution in [0.1, 0.15) is 11.5 Å². The molecule has 11 heteroatoms. The molecular formula is C18H17FN6O3S. The van der Waals surface area contributed by atoms with E-state index in [9.17, 15) is 9.18 Å². The molecule has 29 heavy (non-hydrogen) atoms. The highest BCUT2D eigenvalue weighted by Crippen LogP contribution is 2.16. The number of anilines is 2. The van der Waals surface area contributed by atoms with Gasteiger partial charge in [0.1, 0.15) is 41.3 Å². The van der Waals surface area contributed by atoms with Crippen LogP contribution in [-0.2, 0) is 11.4 Å². The van der Waals surface area contributed by atoms with Gasteiger partial charge in [-0.2, -0.15) is 5.10 Å². The molecule has 0 saturated heterocycles. The first kappa shape index (κ1) is 20.1. The summed E-state index contributed by atoms with van der Waals surface area (Å²) in [6.45, 7) is 0.172. The number of nitrogen functional groups attached to an aromatic ring is 2. The lowest BCUT2D eigenvalue weighted by molar-refractivity contribution is -0.118. The van der Waals surface area contributed by atoms with Crippen molar-refractivity contribution < 1.29 is 18.3 Å². The van der Waals surface area contributed by atoms with Crippen LogP contribution in [0.3, 0.4) is 0 Å². The minimum atomic E-state index is -0.359. The summed E-state index contributed by atoms with van der Waals surface area (Å²) in [5.41, 5.74) is 13.5. The topological polar surface area (TPSA) is 142 Å². The minimum Gasteiger partial charge on any atom is -0.486 e. The Labute approximate surface area is 169 Å². The van der Waals surface area contributed by atoms with Gasteiger partial charge in [0.25, 0.3) is 5.91 Å². The summed E-state index contributed by atoms with van der Waals surface area (Å²) in [5, 5.41) is 4.13. The Hall–Kier alpha value is -3.60. The Kier molecular flexibility index (Phi) is 6.63. The van der Waals surface area contributed by atoms with E-state index in [0.29, 0.717) is 22.4 Å². The van der Waals surface area contributed by atoms with Crippen molar-refractivity contribution in [3.63, 3.8) is 0 Å². The van der Waals surface area contributed by atoms with Gasteiger partial charge in [-0.1, -0.05) is 11.8 Å². The number of carbonyl (C=O) groups is 1. The highest BCUT2D eigenvalue weighted by molar-refractivity contribution is 7.99. The largest absolute Gasteiger partial charge is 0.486 e. The Bertz CT molecular complexity index is 989. The molecule has 0 aliphatic rings. The molecule has 0 fully saturated rings. The van der Waals surface area contributed by atoms with Crippen molar-refractivity contribution in [1.29, 1.82) is 0 Å². The quantitative estimate of drug-likeness (QED) is 0.220. The summed E-state index contributed by atoms with van der Waals surface area (Å²) in [6, 6.07) is 10.5. The number of furan rings is 1. The first-order valence-electron chi connectivity index (χ1n) is 8.30. The molecule has 0 unspecified atom stereocenters. The zero-order chi connectivity index (χ0) is 20.6.